The first-order valence-corrected chi connectivity index (χ1v) is 10.8. The van der Waals surface area contributed by atoms with Crippen LogP contribution in [0.4, 0.5) is 11.6 Å². The van der Waals surface area contributed by atoms with Gasteiger partial charge in [0.15, 0.2) is 5.16 Å². The SMILES string of the molecule is CCC(C(=O)Nc1ccccc1C(C)C)n1c(N)nnc1SCc1ccccc1. The second-order valence-corrected chi connectivity index (χ2v) is 8.08. The molecule has 1 atom stereocenters. The molecule has 152 valence electrons. The summed E-state index contributed by atoms with van der Waals surface area (Å²) in [5, 5.41) is 12.0. The third-order valence-electron chi connectivity index (χ3n) is 4.74. The van der Waals surface area contributed by atoms with Crippen LogP contribution in [0.25, 0.3) is 0 Å². The number of carbonyl (C=O) groups excluding carboxylic acids is 1. The molecule has 6 nitrogen and oxygen atoms in total. The monoisotopic (exact) mass is 409 g/mol. The molecule has 7 heteroatoms. The lowest BCUT2D eigenvalue weighted by Crippen LogP contribution is -2.27. The number of anilines is 2. The lowest BCUT2D eigenvalue weighted by Gasteiger charge is -2.21. The van der Waals surface area contributed by atoms with Gasteiger partial charge in [0.25, 0.3) is 0 Å². The molecule has 0 aliphatic carbocycles. The van der Waals surface area contributed by atoms with Crippen LogP contribution in [0.3, 0.4) is 0 Å². The zero-order valence-electron chi connectivity index (χ0n) is 17.0. The quantitative estimate of drug-likeness (QED) is 0.519. The molecular weight excluding hydrogens is 382 g/mol. The highest BCUT2D eigenvalue weighted by Crippen LogP contribution is 2.29. The summed E-state index contributed by atoms with van der Waals surface area (Å²) in [5.41, 5.74) is 9.20. The molecule has 0 aliphatic rings. The number of hydrogen-bond acceptors (Lipinski definition) is 5. The number of nitrogens with one attached hydrogen (secondary N) is 1. The average Bonchev–Trinajstić information content (AvgIpc) is 3.08. The predicted octanol–water partition coefficient (Wildman–Crippen LogP) is 4.87. The van der Waals surface area contributed by atoms with Crippen molar-refractivity contribution >= 4 is 29.3 Å². The Morgan fingerprint density at radius 2 is 1.79 bits per heavy atom. The number of thioether (sulfide) groups is 1. The van der Waals surface area contributed by atoms with E-state index in [1.54, 1.807) is 4.57 Å². The van der Waals surface area contributed by atoms with Gasteiger partial charge in [0.1, 0.15) is 6.04 Å². The first kappa shape index (κ1) is 20.9. The first-order chi connectivity index (χ1) is 14.0. The Labute approximate surface area is 175 Å². The topological polar surface area (TPSA) is 85.8 Å². The number of nitrogens with zero attached hydrogens (tertiary/aromatic N) is 3. The van der Waals surface area contributed by atoms with Crippen molar-refractivity contribution in [1.29, 1.82) is 0 Å². The summed E-state index contributed by atoms with van der Waals surface area (Å²) >= 11 is 1.53. The number of para-hydroxylation sites is 1. The fourth-order valence-corrected chi connectivity index (χ4v) is 4.16. The maximum atomic E-state index is 13.1. The van der Waals surface area contributed by atoms with Crippen molar-refractivity contribution < 1.29 is 4.79 Å². The largest absolute Gasteiger partial charge is 0.368 e. The second-order valence-electron chi connectivity index (χ2n) is 7.14. The molecule has 0 radical (unpaired) electrons. The maximum Gasteiger partial charge on any atom is 0.247 e. The van der Waals surface area contributed by atoms with Gasteiger partial charge in [0, 0.05) is 11.4 Å². The molecule has 1 heterocycles. The Kier molecular flexibility index (Phi) is 6.93. The fraction of sp³-hybridized carbons (Fsp3) is 0.318. The van der Waals surface area contributed by atoms with Crippen molar-refractivity contribution in [2.75, 3.05) is 11.1 Å². The van der Waals surface area contributed by atoms with E-state index in [9.17, 15) is 4.79 Å². The maximum absolute atomic E-state index is 13.1. The molecule has 1 unspecified atom stereocenters. The molecule has 0 saturated heterocycles. The van der Waals surface area contributed by atoms with Gasteiger partial charge in [0.2, 0.25) is 11.9 Å². The summed E-state index contributed by atoms with van der Waals surface area (Å²) < 4.78 is 1.74. The molecular formula is C22H27N5OS. The van der Waals surface area contributed by atoms with E-state index in [0.717, 1.165) is 17.0 Å². The Hall–Kier alpha value is -2.80. The summed E-state index contributed by atoms with van der Waals surface area (Å²) in [6, 6.07) is 17.5. The Morgan fingerprint density at radius 1 is 1.10 bits per heavy atom. The third kappa shape index (κ3) is 4.98. The van der Waals surface area contributed by atoms with Crippen LogP contribution in [0.15, 0.2) is 59.8 Å². The molecule has 0 aliphatic heterocycles. The summed E-state index contributed by atoms with van der Waals surface area (Å²) in [4.78, 5) is 13.1. The molecule has 3 N–H and O–H groups in total. The standard InChI is InChI=1S/C22H27N5OS/c1-4-19(20(28)24-18-13-9-8-12-17(18)15(2)3)27-21(23)25-26-22(27)29-14-16-10-6-5-7-11-16/h5-13,15,19H,4,14H2,1-3H3,(H2,23,25)(H,24,28). The highest BCUT2D eigenvalue weighted by molar-refractivity contribution is 7.98. The molecule has 3 rings (SSSR count). The highest BCUT2D eigenvalue weighted by Gasteiger charge is 2.25. The number of carbonyl (C=O) groups is 1. The highest BCUT2D eigenvalue weighted by atomic mass is 32.2. The number of hydrogen-bond donors (Lipinski definition) is 2. The molecule has 1 aromatic heterocycles. The van der Waals surface area contributed by atoms with Gasteiger partial charge in [-0.3, -0.25) is 9.36 Å². The number of amides is 1. The van der Waals surface area contributed by atoms with E-state index in [0.29, 0.717) is 17.5 Å². The Morgan fingerprint density at radius 3 is 2.48 bits per heavy atom. The van der Waals surface area contributed by atoms with Crippen molar-refractivity contribution in [2.45, 2.75) is 50.1 Å². The number of aromatic nitrogens is 3. The smallest absolute Gasteiger partial charge is 0.247 e. The van der Waals surface area contributed by atoms with E-state index in [1.807, 2.05) is 49.4 Å². The van der Waals surface area contributed by atoms with E-state index in [4.69, 9.17) is 5.73 Å². The van der Waals surface area contributed by atoms with E-state index < -0.39 is 6.04 Å². The van der Waals surface area contributed by atoms with Crippen molar-refractivity contribution in [1.82, 2.24) is 14.8 Å². The molecule has 0 saturated carbocycles. The number of nitrogens with two attached hydrogens (primary N) is 1. The second kappa shape index (κ2) is 9.60. The third-order valence-corrected chi connectivity index (χ3v) is 5.76. The lowest BCUT2D eigenvalue weighted by atomic mass is 10.0. The summed E-state index contributed by atoms with van der Waals surface area (Å²) in [6.07, 6.45) is 0.580. The van der Waals surface area contributed by atoms with Crippen LogP contribution in [-0.2, 0) is 10.5 Å². The van der Waals surface area contributed by atoms with Crippen LogP contribution in [0.1, 0.15) is 50.3 Å². The van der Waals surface area contributed by atoms with E-state index in [-0.39, 0.29) is 11.9 Å². The number of rotatable bonds is 8. The van der Waals surface area contributed by atoms with Crippen LogP contribution in [0.5, 0.6) is 0 Å². The lowest BCUT2D eigenvalue weighted by molar-refractivity contribution is -0.119. The molecule has 0 fully saturated rings. The molecule has 1 amide bonds. The summed E-state index contributed by atoms with van der Waals surface area (Å²) in [5.74, 6) is 1.17. The van der Waals surface area contributed by atoms with E-state index in [2.05, 4.69) is 41.5 Å². The van der Waals surface area contributed by atoms with Crippen LogP contribution in [0.2, 0.25) is 0 Å². The average molecular weight is 410 g/mol. The van der Waals surface area contributed by atoms with Crippen LogP contribution in [-0.4, -0.2) is 20.7 Å². The Bertz CT molecular complexity index is 955. The van der Waals surface area contributed by atoms with Crippen LogP contribution >= 0.6 is 11.8 Å². The van der Waals surface area contributed by atoms with Crippen molar-refractivity contribution in [3.8, 4) is 0 Å². The van der Waals surface area contributed by atoms with Crippen LogP contribution < -0.4 is 11.1 Å². The van der Waals surface area contributed by atoms with Gasteiger partial charge in [-0.05, 0) is 29.5 Å². The van der Waals surface area contributed by atoms with Crippen molar-refractivity contribution in [2.24, 2.45) is 0 Å². The minimum atomic E-state index is -0.483. The zero-order valence-corrected chi connectivity index (χ0v) is 17.8. The number of benzene rings is 2. The Balaban J connectivity index is 1.81. The van der Waals surface area contributed by atoms with Gasteiger partial charge >= 0.3 is 0 Å². The summed E-state index contributed by atoms with van der Waals surface area (Å²) in [7, 11) is 0. The van der Waals surface area contributed by atoms with Gasteiger partial charge in [-0.2, -0.15) is 0 Å². The molecule has 29 heavy (non-hydrogen) atoms. The zero-order chi connectivity index (χ0) is 20.8. The first-order valence-electron chi connectivity index (χ1n) is 9.78. The summed E-state index contributed by atoms with van der Waals surface area (Å²) in [6.45, 7) is 6.18. The minimum absolute atomic E-state index is 0.117. The molecule has 2 aromatic carbocycles. The van der Waals surface area contributed by atoms with Gasteiger partial charge in [0.05, 0.1) is 0 Å². The van der Waals surface area contributed by atoms with Gasteiger partial charge < -0.3 is 11.1 Å². The normalized spacial score (nSPS) is 12.1. The van der Waals surface area contributed by atoms with Crippen molar-refractivity contribution in [3.05, 3.63) is 65.7 Å². The van der Waals surface area contributed by atoms with Gasteiger partial charge in [-0.15, -0.1) is 10.2 Å². The van der Waals surface area contributed by atoms with E-state index >= 15 is 0 Å². The van der Waals surface area contributed by atoms with E-state index in [1.165, 1.54) is 17.3 Å². The van der Waals surface area contributed by atoms with Crippen molar-refractivity contribution in [3.63, 3.8) is 0 Å². The van der Waals surface area contributed by atoms with Gasteiger partial charge in [-0.25, -0.2) is 0 Å². The van der Waals surface area contributed by atoms with Crippen LogP contribution in [0, 0.1) is 0 Å². The molecule has 0 spiro atoms. The minimum Gasteiger partial charge on any atom is -0.368 e. The predicted molar refractivity (Wildman–Crippen MR) is 119 cm³/mol. The van der Waals surface area contributed by atoms with Gasteiger partial charge in [-0.1, -0.05) is 81.1 Å². The molecule has 3 aromatic rings. The fourth-order valence-electron chi connectivity index (χ4n) is 3.22. The number of nitrogen functional groups attached to an aromatic ring is 1. The molecule has 0 bridgehead atoms.